The van der Waals surface area contributed by atoms with E-state index in [0.717, 1.165) is 13.0 Å². The van der Waals surface area contributed by atoms with E-state index in [9.17, 15) is 4.79 Å². The summed E-state index contributed by atoms with van der Waals surface area (Å²) >= 11 is 0. The highest BCUT2D eigenvalue weighted by atomic mass is 16.2. The minimum Gasteiger partial charge on any atom is -0.335 e. The lowest BCUT2D eigenvalue weighted by Gasteiger charge is -2.25. The summed E-state index contributed by atoms with van der Waals surface area (Å²) in [6.07, 6.45) is 6.76. The Morgan fingerprint density at radius 3 is 2.58 bits per heavy atom. The lowest BCUT2D eigenvalue weighted by Crippen LogP contribution is -2.33. The SMILES string of the molecule is CC(C)/C=C/C(=O)N1CC=C(c2ccccc2)CC1. The predicted octanol–water partition coefficient (Wildman–Crippen LogP) is 3.51. The van der Waals surface area contributed by atoms with Crippen LogP contribution in [-0.2, 0) is 4.79 Å². The average molecular weight is 255 g/mol. The van der Waals surface area contributed by atoms with Crippen molar-refractivity contribution in [2.75, 3.05) is 13.1 Å². The van der Waals surface area contributed by atoms with Gasteiger partial charge in [-0.2, -0.15) is 0 Å². The molecule has 0 radical (unpaired) electrons. The highest BCUT2D eigenvalue weighted by molar-refractivity contribution is 5.88. The van der Waals surface area contributed by atoms with Gasteiger partial charge >= 0.3 is 0 Å². The first-order valence-electron chi connectivity index (χ1n) is 6.88. The Morgan fingerprint density at radius 1 is 1.26 bits per heavy atom. The molecule has 1 aromatic carbocycles. The summed E-state index contributed by atoms with van der Waals surface area (Å²) in [5.74, 6) is 0.543. The van der Waals surface area contributed by atoms with E-state index < -0.39 is 0 Å². The Morgan fingerprint density at radius 2 is 2.00 bits per heavy atom. The molecule has 2 heteroatoms. The number of carbonyl (C=O) groups excluding carboxylic acids is 1. The van der Waals surface area contributed by atoms with Gasteiger partial charge in [-0.25, -0.2) is 0 Å². The normalized spacial score (nSPS) is 15.9. The van der Waals surface area contributed by atoms with Crippen LogP contribution in [0.25, 0.3) is 5.57 Å². The van der Waals surface area contributed by atoms with Gasteiger partial charge in [-0.1, -0.05) is 56.3 Å². The Labute approximate surface area is 115 Å². The van der Waals surface area contributed by atoms with Crippen molar-refractivity contribution in [2.24, 2.45) is 5.92 Å². The first-order valence-corrected chi connectivity index (χ1v) is 6.88. The summed E-state index contributed by atoms with van der Waals surface area (Å²) in [6, 6.07) is 10.4. The molecule has 0 aliphatic carbocycles. The maximum atomic E-state index is 12.0. The van der Waals surface area contributed by atoms with E-state index in [1.807, 2.05) is 17.0 Å². The van der Waals surface area contributed by atoms with E-state index >= 15 is 0 Å². The van der Waals surface area contributed by atoms with Gasteiger partial charge in [0.2, 0.25) is 5.91 Å². The number of hydrogen-bond acceptors (Lipinski definition) is 1. The largest absolute Gasteiger partial charge is 0.335 e. The van der Waals surface area contributed by atoms with Crippen molar-refractivity contribution in [3.8, 4) is 0 Å². The predicted molar refractivity (Wildman–Crippen MR) is 79.6 cm³/mol. The van der Waals surface area contributed by atoms with Crippen LogP contribution in [0.15, 0.2) is 48.6 Å². The van der Waals surface area contributed by atoms with E-state index in [-0.39, 0.29) is 5.91 Å². The van der Waals surface area contributed by atoms with Gasteiger partial charge in [-0.3, -0.25) is 4.79 Å². The van der Waals surface area contributed by atoms with E-state index in [1.165, 1.54) is 11.1 Å². The lowest BCUT2D eigenvalue weighted by molar-refractivity contribution is -0.125. The Balaban J connectivity index is 1.98. The van der Waals surface area contributed by atoms with Gasteiger partial charge in [-0.05, 0) is 29.6 Å². The molecular weight excluding hydrogens is 234 g/mol. The van der Waals surface area contributed by atoms with Crippen LogP contribution >= 0.6 is 0 Å². The smallest absolute Gasteiger partial charge is 0.246 e. The number of amides is 1. The number of rotatable bonds is 3. The first kappa shape index (κ1) is 13.6. The summed E-state index contributed by atoms with van der Waals surface area (Å²) in [5, 5.41) is 0. The number of benzene rings is 1. The molecule has 0 saturated carbocycles. The minimum absolute atomic E-state index is 0.122. The molecule has 0 spiro atoms. The van der Waals surface area contributed by atoms with Gasteiger partial charge < -0.3 is 4.90 Å². The molecule has 19 heavy (non-hydrogen) atoms. The molecule has 0 aromatic heterocycles. The van der Waals surface area contributed by atoms with Crippen LogP contribution in [0.4, 0.5) is 0 Å². The zero-order valence-corrected chi connectivity index (χ0v) is 11.7. The highest BCUT2D eigenvalue weighted by Gasteiger charge is 2.15. The molecule has 0 N–H and O–H groups in total. The van der Waals surface area contributed by atoms with Crippen LogP contribution in [0.1, 0.15) is 25.8 Å². The maximum Gasteiger partial charge on any atom is 0.246 e. The minimum atomic E-state index is 0.122. The number of hydrogen-bond donors (Lipinski definition) is 0. The molecule has 1 aliphatic heterocycles. The van der Waals surface area contributed by atoms with Crippen LogP contribution in [0, 0.1) is 5.92 Å². The second-order valence-electron chi connectivity index (χ2n) is 5.23. The van der Waals surface area contributed by atoms with Gasteiger partial charge in [0.1, 0.15) is 0 Å². The molecular formula is C17H21NO. The maximum absolute atomic E-state index is 12.0. The highest BCUT2D eigenvalue weighted by Crippen LogP contribution is 2.22. The average Bonchev–Trinajstić information content (AvgIpc) is 2.46. The van der Waals surface area contributed by atoms with E-state index in [4.69, 9.17) is 0 Å². The molecule has 1 amide bonds. The molecule has 0 atom stereocenters. The zero-order chi connectivity index (χ0) is 13.7. The number of nitrogens with zero attached hydrogens (tertiary/aromatic N) is 1. The van der Waals surface area contributed by atoms with Gasteiger partial charge in [0.05, 0.1) is 0 Å². The van der Waals surface area contributed by atoms with Crippen molar-refractivity contribution < 1.29 is 4.79 Å². The van der Waals surface area contributed by atoms with Crippen molar-refractivity contribution >= 4 is 11.5 Å². The molecule has 0 bridgehead atoms. The Hall–Kier alpha value is -1.83. The Bertz CT molecular complexity index is 485. The molecule has 0 fully saturated rings. The number of carbonyl (C=O) groups is 1. The van der Waals surface area contributed by atoms with E-state index in [1.54, 1.807) is 6.08 Å². The van der Waals surface area contributed by atoms with E-state index in [0.29, 0.717) is 12.5 Å². The third-order valence-corrected chi connectivity index (χ3v) is 3.29. The van der Waals surface area contributed by atoms with Crippen LogP contribution in [-0.4, -0.2) is 23.9 Å². The first-order chi connectivity index (χ1) is 9.16. The summed E-state index contributed by atoms with van der Waals surface area (Å²) in [6.45, 7) is 5.67. The molecule has 1 aliphatic rings. The topological polar surface area (TPSA) is 20.3 Å². The molecule has 100 valence electrons. The molecule has 2 nitrogen and oxygen atoms in total. The molecule has 1 heterocycles. The summed E-state index contributed by atoms with van der Waals surface area (Å²) < 4.78 is 0. The van der Waals surface area contributed by atoms with Crippen LogP contribution in [0.5, 0.6) is 0 Å². The van der Waals surface area contributed by atoms with Crippen molar-refractivity contribution in [3.05, 3.63) is 54.1 Å². The third kappa shape index (κ3) is 3.82. The zero-order valence-electron chi connectivity index (χ0n) is 11.7. The standard InChI is InChI=1S/C17H21NO/c1-14(2)8-9-17(19)18-12-10-16(11-13-18)15-6-4-3-5-7-15/h3-10,14H,11-13H2,1-2H3/b9-8+. The lowest BCUT2D eigenvalue weighted by atomic mass is 9.99. The molecule has 0 saturated heterocycles. The Kier molecular flexibility index (Phi) is 4.56. The van der Waals surface area contributed by atoms with Crippen molar-refractivity contribution in [3.63, 3.8) is 0 Å². The number of allylic oxidation sites excluding steroid dienone is 1. The monoisotopic (exact) mass is 255 g/mol. The third-order valence-electron chi connectivity index (χ3n) is 3.29. The van der Waals surface area contributed by atoms with Gasteiger partial charge in [-0.15, -0.1) is 0 Å². The van der Waals surface area contributed by atoms with Crippen molar-refractivity contribution in [2.45, 2.75) is 20.3 Å². The second kappa shape index (κ2) is 6.37. The fourth-order valence-corrected chi connectivity index (χ4v) is 2.16. The van der Waals surface area contributed by atoms with Crippen molar-refractivity contribution in [1.29, 1.82) is 0 Å². The summed E-state index contributed by atoms with van der Waals surface area (Å²) in [4.78, 5) is 13.8. The van der Waals surface area contributed by atoms with Crippen molar-refractivity contribution in [1.82, 2.24) is 4.90 Å². The van der Waals surface area contributed by atoms with Gasteiger partial charge in [0.15, 0.2) is 0 Å². The summed E-state index contributed by atoms with van der Waals surface area (Å²) in [7, 11) is 0. The molecule has 0 unspecified atom stereocenters. The second-order valence-corrected chi connectivity index (χ2v) is 5.23. The summed E-state index contributed by atoms with van der Waals surface area (Å²) in [5.41, 5.74) is 2.62. The molecule has 2 rings (SSSR count). The van der Waals surface area contributed by atoms with Crippen LogP contribution in [0.3, 0.4) is 0 Å². The quantitative estimate of drug-likeness (QED) is 0.757. The van der Waals surface area contributed by atoms with Gasteiger partial charge in [0, 0.05) is 13.1 Å². The van der Waals surface area contributed by atoms with Crippen LogP contribution in [0.2, 0.25) is 0 Å². The van der Waals surface area contributed by atoms with E-state index in [2.05, 4.69) is 44.2 Å². The fourth-order valence-electron chi connectivity index (χ4n) is 2.16. The van der Waals surface area contributed by atoms with Gasteiger partial charge in [0.25, 0.3) is 0 Å². The van der Waals surface area contributed by atoms with Crippen LogP contribution < -0.4 is 0 Å². The fraction of sp³-hybridized carbons (Fsp3) is 0.353. The molecule has 1 aromatic rings.